The Labute approximate surface area is 349 Å². The van der Waals surface area contributed by atoms with E-state index in [9.17, 15) is 19.8 Å². The summed E-state index contributed by atoms with van der Waals surface area (Å²) < 4.78 is 23.5. The molecular weight excluding hydrogens is 783 g/mol. The van der Waals surface area contributed by atoms with Crippen LogP contribution in [0.2, 0.25) is 10.0 Å². The Bertz CT molecular complexity index is 1950. The first-order valence-corrected chi connectivity index (χ1v) is 20.6. The molecule has 2 heterocycles. The fourth-order valence-corrected chi connectivity index (χ4v) is 8.63. The average molecular weight is 836 g/mol. The first-order chi connectivity index (χ1) is 28.0. The summed E-state index contributed by atoms with van der Waals surface area (Å²) >= 11 is 13.4. The van der Waals surface area contributed by atoms with Gasteiger partial charge in [-0.25, -0.2) is 0 Å². The first-order valence-electron chi connectivity index (χ1n) is 19.8. The van der Waals surface area contributed by atoms with Gasteiger partial charge in [0, 0.05) is 36.3 Å². The summed E-state index contributed by atoms with van der Waals surface area (Å²) in [6, 6.07) is 15.4. The smallest absolute Gasteiger partial charge is 0.308 e. The van der Waals surface area contributed by atoms with Gasteiger partial charge in [0.2, 0.25) is 23.5 Å². The van der Waals surface area contributed by atoms with E-state index in [2.05, 4.69) is 46.6 Å². The molecule has 2 saturated carbocycles. The number of pyridine rings is 2. The molecule has 2 aliphatic carbocycles. The summed E-state index contributed by atoms with van der Waals surface area (Å²) in [5.41, 5.74) is 7.51. The van der Waals surface area contributed by atoms with Crippen LogP contribution in [0.25, 0.3) is 11.1 Å². The molecule has 0 bridgehead atoms. The van der Waals surface area contributed by atoms with Gasteiger partial charge >= 0.3 is 11.9 Å². The van der Waals surface area contributed by atoms with E-state index in [4.69, 9.17) is 42.1 Å². The third kappa shape index (κ3) is 10.1. The van der Waals surface area contributed by atoms with Gasteiger partial charge in [0.15, 0.2) is 0 Å². The van der Waals surface area contributed by atoms with Crippen LogP contribution in [0.4, 0.5) is 0 Å². The summed E-state index contributed by atoms with van der Waals surface area (Å²) in [6.45, 7) is 5.29. The maximum absolute atomic E-state index is 11.8. The number of nitrogens with zero attached hydrogens (tertiary/aromatic N) is 2. The minimum atomic E-state index is -0.776. The van der Waals surface area contributed by atoms with Crippen LogP contribution in [0.5, 0.6) is 23.5 Å². The van der Waals surface area contributed by atoms with Crippen molar-refractivity contribution in [2.75, 3.05) is 14.2 Å². The van der Waals surface area contributed by atoms with Crippen LogP contribution in [-0.2, 0) is 35.9 Å². The van der Waals surface area contributed by atoms with Crippen LogP contribution in [0.15, 0.2) is 48.5 Å². The predicted molar refractivity (Wildman–Crippen MR) is 222 cm³/mol. The lowest BCUT2D eigenvalue weighted by molar-refractivity contribution is -0.144. The Morgan fingerprint density at radius 2 is 1.03 bits per heavy atom. The molecule has 0 radical (unpaired) electrons. The van der Waals surface area contributed by atoms with Gasteiger partial charge in [0.1, 0.15) is 23.3 Å². The number of nitrogens with one attached hydrogen (secondary N) is 2. The number of benzene rings is 2. The molecule has 2 aromatic heterocycles. The van der Waals surface area contributed by atoms with Crippen LogP contribution in [0.1, 0.15) is 84.7 Å². The van der Waals surface area contributed by atoms with Crippen LogP contribution < -0.4 is 29.6 Å². The van der Waals surface area contributed by atoms with Crippen molar-refractivity contribution < 1.29 is 38.7 Å². The summed E-state index contributed by atoms with van der Waals surface area (Å²) in [5, 5.41) is 26.8. The lowest BCUT2D eigenvalue weighted by Crippen LogP contribution is -2.41. The fraction of sp³-hybridized carbons (Fsp3) is 0.455. The number of hydrogen-bond donors (Lipinski definition) is 4. The molecular formula is C44H52Cl2N4O8. The van der Waals surface area contributed by atoms with Gasteiger partial charge in [0.05, 0.1) is 26.1 Å². The van der Waals surface area contributed by atoms with Crippen molar-refractivity contribution in [3.63, 3.8) is 0 Å². The van der Waals surface area contributed by atoms with Crippen LogP contribution in [0, 0.1) is 25.7 Å². The Kier molecular flexibility index (Phi) is 14.7. The minimum absolute atomic E-state index is 0.132. The van der Waals surface area contributed by atoms with Crippen molar-refractivity contribution in [2.45, 2.75) is 104 Å². The van der Waals surface area contributed by atoms with Gasteiger partial charge in [0.25, 0.3) is 0 Å². The Morgan fingerprint density at radius 1 is 0.638 bits per heavy atom. The van der Waals surface area contributed by atoms with Crippen LogP contribution in [0.3, 0.4) is 0 Å². The molecule has 6 rings (SSSR count). The van der Waals surface area contributed by atoms with Gasteiger partial charge in [-0.1, -0.05) is 85.3 Å². The molecule has 14 heteroatoms. The molecule has 2 aromatic carbocycles. The van der Waals surface area contributed by atoms with E-state index in [1.54, 1.807) is 12.1 Å². The maximum Gasteiger partial charge on any atom is 0.308 e. The van der Waals surface area contributed by atoms with Crippen molar-refractivity contribution in [2.24, 2.45) is 11.8 Å². The molecule has 0 amide bonds. The number of halogens is 2. The standard InChI is InChI=1S/C44H52Cl2N4O8/c1-25-27(23-57-41-35(45)19-29(39(49-41)55-3)21-47-37-17-7-5-13-33(37)43(51)52)11-9-15-31(25)32-16-10-12-28(26(32)2)24-58-42-36(46)20-30(40(50-42)56-4)22-48-38-18-8-6-14-34(38)44(53)54/h9-12,15-16,19-20,33-34,37-38,47-48H,5-8,13-14,17-18,21-24H2,1-4H3,(H,51,52)(H,53,54)/t33-,34-,37+,38+/m1/s1. The van der Waals surface area contributed by atoms with Gasteiger partial charge in [-0.05, 0) is 85.0 Å². The number of ether oxygens (including phenoxy) is 4. The second-order valence-corrected chi connectivity index (χ2v) is 15.9. The van der Waals surface area contributed by atoms with E-state index in [0.717, 1.165) is 83.0 Å². The van der Waals surface area contributed by atoms with Gasteiger partial charge in [-0.2, -0.15) is 9.97 Å². The molecule has 2 fully saturated rings. The normalized spacial score (nSPS) is 19.3. The highest BCUT2D eigenvalue weighted by molar-refractivity contribution is 6.32. The largest absolute Gasteiger partial charge is 0.481 e. The molecule has 0 spiro atoms. The molecule has 310 valence electrons. The molecule has 58 heavy (non-hydrogen) atoms. The summed E-state index contributed by atoms with van der Waals surface area (Å²) in [4.78, 5) is 32.7. The van der Waals surface area contributed by atoms with Crippen molar-refractivity contribution in [3.8, 4) is 34.6 Å². The van der Waals surface area contributed by atoms with Crippen molar-refractivity contribution in [1.82, 2.24) is 20.6 Å². The topological polar surface area (TPSA) is 161 Å². The number of rotatable bonds is 17. The maximum atomic E-state index is 11.8. The van der Waals surface area contributed by atoms with Crippen LogP contribution >= 0.6 is 23.2 Å². The molecule has 4 aromatic rings. The fourth-order valence-electron chi connectivity index (χ4n) is 8.18. The van der Waals surface area contributed by atoms with E-state index in [0.29, 0.717) is 47.7 Å². The zero-order valence-corrected chi connectivity index (χ0v) is 34.9. The Hall–Kier alpha value is -4.62. The summed E-state index contributed by atoms with van der Waals surface area (Å²) in [5.74, 6) is -1.19. The third-order valence-electron chi connectivity index (χ3n) is 11.5. The Morgan fingerprint density at radius 3 is 1.41 bits per heavy atom. The van der Waals surface area contributed by atoms with Crippen molar-refractivity contribution in [3.05, 3.63) is 92.0 Å². The van der Waals surface area contributed by atoms with Gasteiger partial charge in [-0.15, -0.1) is 0 Å². The molecule has 2 aliphatic rings. The van der Waals surface area contributed by atoms with E-state index >= 15 is 0 Å². The lowest BCUT2D eigenvalue weighted by Gasteiger charge is -2.29. The SMILES string of the molecule is COc1nc(OCc2cccc(-c3cccc(COc4nc(OC)c(CN[C@H]5CCCC[C@H]5C(=O)O)cc4Cl)c3C)c2C)c(Cl)cc1CN[C@H]1CCCC[C@H]1C(=O)O. The van der Waals surface area contributed by atoms with E-state index in [-0.39, 0.29) is 37.1 Å². The van der Waals surface area contributed by atoms with E-state index in [1.807, 2.05) is 24.3 Å². The van der Waals surface area contributed by atoms with Crippen LogP contribution in [-0.4, -0.2) is 58.4 Å². The second-order valence-electron chi connectivity index (χ2n) is 15.1. The number of carboxylic acid groups (broad SMARTS) is 2. The predicted octanol–water partition coefficient (Wildman–Crippen LogP) is 8.71. The molecule has 0 unspecified atom stereocenters. The number of aromatic nitrogens is 2. The summed E-state index contributed by atoms with van der Waals surface area (Å²) in [7, 11) is 3.07. The number of hydrogen-bond acceptors (Lipinski definition) is 10. The monoisotopic (exact) mass is 834 g/mol. The molecule has 4 N–H and O–H groups in total. The summed E-state index contributed by atoms with van der Waals surface area (Å²) in [6.07, 6.45) is 6.74. The molecule has 0 saturated heterocycles. The highest BCUT2D eigenvalue weighted by Crippen LogP contribution is 2.35. The van der Waals surface area contributed by atoms with E-state index in [1.165, 1.54) is 14.2 Å². The first kappa shape index (κ1) is 43.0. The van der Waals surface area contributed by atoms with Gasteiger partial charge < -0.3 is 39.8 Å². The number of carboxylic acids is 2. The second kappa shape index (κ2) is 19.9. The average Bonchev–Trinajstić information content (AvgIpc) is 3.22. The third-order valence-corrected chi connectivity index (χ3v) is 12.1. The molecule has 12 nitrogen and oxygen atoms in total. The number of carbonyl (C=O) groups is 2. The Balaban J connectivity index is 1.11. The van der Waals surface area contributed by atoms with E-state index < -0.39 is 23.8 Å². The van der Waals surface area contributed by atoms with Crippen molar-refractivity contribution in [1.29, 1.82) is 0 Å². The highest BCUT2D eigenvalue weighted by Gasteiger charge is 2.32. The minimum Gasteiger partial charge on any atom is -0.481 e. The highest BCUT2D eigenvalue weighted by atomic mass is 35.5. The molecule has 0 aliphatic heterocycles. The van der Waals surface area contributed by atoms with Crippen molar-refractivity contribution >= 4 is 35.1 Å². The quantitative estimate of drug-likeness (QED) is 0.0802. The lowest BCUT2D eigenvalue weighted by atomic mass is 9.84. The number of methoxy groups -OCH3 is 2. The molecule has 4 atom stereocenters. The zero-order chi connectivity index (χ0) is 41.3. The van der Waals surface area contributed by atoms with Gasteiger partial charge in [-0.3, -0.25) is 9.59 Å². The zero-order valence-electron chi connectivity index (χ0n) is 33.4. The number of aliphatic carboxylic acids is 2.